The lowest BCUT2D eigenvalue weighted by Crippen LogP contribution is -2.23. The maximum Gasteiger partial charge on any atom is 0.308 e. The Hall–Kier alpha value is -4.33. The standard InChI is InChI=1S/C26H26N2O6/c1-17(29)34-22-9-5-7-20(15-22)26(31)27-16-19-6-4-8-21(12-19)28-25(30)14-18-10-11-23(32-2)24(13-18)33-3/h4-13,15H,14,16H2,1-3H3,(H,27,31)(H,28,30). The van der Waals surface area contributed by atoms with Crippen LogP contribution in [0.5, 0.6) is 17.2 Å². The highest BCUT2D eigenvalue weighted by atomic mass is 16.5. The molecule has 0 radical (unpaired) electrons. The average Bonchev–Trinajstić information content (AvgIpc) is 2.82. The Morgan fingerprint density at radius 1 is 0.824 bits per heavy atom. The normalized spacial score (nSPS) is 10.2. The summed E-state index contributed by atoms with van der Waals surface area (Å²) in [5.41, 5.74) is 2.59. The second-order valence-corrected chi connectivity index (χ2v) is 7.42. The highest BCUT2D eigenvalue weighted by Gasteiger charge is 2.10. The Labute approximate surface area is 197 Å². The fraction of sp³-hybridized carbons (Fsp3) is 0.192. The van der Waals surface area contributed by atoms with E-state index < -0.39 is 5.97 Å². The molecule has 8 nitrogen and oxygen atoms in total. The van der Waals surface area contributed by atoms with E-state index in [0.29, 0.717) is 28.5 Å². The van der Waals surface area contributed by atoms with Gasteiger partial charge < -0.3 is 24.8 Å². The van der Waals surface area contributed by atoms with E-state index >= 15 is 0 Å². The van der Waals surface area contributed by atoms with E-state index in [1.54, 1.807) is 62.8 Å². The van der Waals surface area contributed by atoms with Gasteiger partial charge in [-0.3, -0.25) is 14.4 Å². The molecule has 2 N–H and O–H groups in total. The minimum absolute atomic E-state index is 0.167. The Balaban J connectivity index is 1.58. The molecule has 8 heteroatoms. The van der Waals surface area contributed by atoms with Gasteiger partial charge in [-0.1, -0.05) is 24.3 Å². The van der Waals surface area contributed by atoms with Gasteiger partial charge in [-0.25, -0.2) is 0 Å². The summed E-state index contributed by atoms with van der Waals surface area (Å²) in [5, 5.41) is 5.69. The minimum atomic E-state index is -0.456. The van der Waals surface area contributed by atoms with Crippen molar-refractivity contribution in [3.05, 3.63) is 83.4 Å². The molecule has 176 valence electrons. The molecule has 0 aliphatic rings. The van der Waals surface area contributed by atoms with Gasteiger partial charge in [-0.05, 0) is 53.6 Å². The number of ether oxygens (including phenoxy) is 3. The first-order valence-electron chi connectivity index (χ1n) is 10.5. The molecular weight excluding hydrogens is 436 g/mol. The molecule has 0 fully saturated rings. The van der Waals surface area contributed by atoms with Crippen molar-refractivity contribution in [3.63, 3.8) is 0 Å². The van der Waals surface area contributed by atoms with E-state index in [-0.39, 0.29) is 24.8 Å². The topological polar surface area (TPSA) is 103 Å². The van der Waals surface area contributed by atoms with Crippen LogP contribution in [0, 0.1) is 0 Å². The van der Waals surface area contributed by atoms with Crippen LogP contribution in [0.4, 0.5) is 5.69 Å². The SMILES string of the molecule is COc1ccc(CC(=O)Nc2cccc(CNC(=O)c3cccc(OC(C)=O)c3)c2)cc1OC. The number of carbonyl (C=O) groups is 3. The van der Waals surface area contributed by atoms with Gasteiger partial charge in [0, 0.05) is 24.7 Å². The zero-order valence-corrected chi connectivity index (χ0v) is 19.2. The molecule has 0 saturated carbocycles. The fourth-order valence-electron chi connectivity index (χ4n) is 3.29. The molecule has 0 spiro atoms. The maximum absolute atomic E-state index is 12.5. The predicted octanol–water partition coefficient (Wildman–Crippen LogP) is 3.74. The largest absolute Gasteiger partial charge is 0.493 e. The number of nitrogens with one attached hydrogen (secondary N) is 2. The maximum atomic E-state index is 12.5. The number of hydrogen-bond donors (Lipinski definition) is 2. The molecule has 3 aromatic carbocycles. The monoisotopic (exact) mass is 462 g/mol. The van der Waals surface area contributed by atoms with Gasteiger partial charge in [0.25, 0.3) is 5.91 Å². The zero-order chi connectivity index (χ0) is 24.5. The number of rotatable bonds is 9. The van der Waals surface area contributed by atoms with Crippen LogP contribution in [-0.4, -0.2) is 32.0 Å². The quantitative estimate of drug-likeness (QED) is 0.371. The van der Waals surface area contributed by atoms with E-state index in [0.717, 1.165) is 11.1 Å². The lowest BCUT2D eigenvalue weighted by Gasteiger charge is -2.11. The van der Waals surface area contributed by atoms with Gasteiger partial charge >= 0.3 is 5.97 Å². The third-order valence-electron chi connectivity index (χ3n) is 4.83. The number of benzene rings is 3. The van der Waals surface area contributed by atoms with Crippen LogP contribution >= 0.6 is 0 Å². The molecule has 0 atom stereocenters. The smallest absolute Gasteiger partial charge is 0.308 e. The van der Waals surface area contributed by atoms with Crippen LogP contribution in [0.3, 0.4) is 0 Å². The second kappa shape index (κ2) is 11.5. The molecule has 0 aliphatic carbocycles. The Morgan fingerprint density at radius 2 is 1.59 bits per heavy atom. The van der Waals surface area contributed by atoms with Crippen molar-refractivity contribution in [1.29, 1.82) is 0 Å². The van der Waals surface area contributed by atoms with E-state index in [1.165, 1.54) is 13.0 Å². The predicted molar refractivity (Wildman–Crippen MR) is 127 cm³/mol. The first-order chi connectivity index (χ1) is 16.4. The van der Waals surface area contributed by atoms with Crippen molar-refractivity contribution < 1.29 is 28.6 Å². The number of carbonyl (C=O) groups excluding carboxylic acids is 3. The van der Waals surface area contributed by atoms with Crippen LogP contribution < -0.4 is 24.8 Å². The molecule has 3 rings (SSSR count). The van der Waals surface area contributed by atoms with Crippen molar-refractivity contribution in [2.24, 2.45) is 0 Å². The van der Waals surface area contributed by atoms with E-state index in [4.69, 9.17) is 14.2 Å². The van der Waals surface area contributed by atoms with Crippen LogP contribution in [0.1, 0.15) is 28.4 Å². The lowest BCUT2D eigenvalue weighted by atomic mass is 10.1. The molecule has 2 amide bonds. The van der Waals surface area contributed by atoms with E-state index in [1.807, 2.05) is 12.1 Å². The lowest BCUT2D eigenvalue weighted by molar-refractivity contribution is -0.131. The Kier molecular flexibility index (Phi) is 8.23. The third kappa shape index (κ3) is 6.83. The zero-order valence-electron chi connectivity index (χ0n) is 19.2. The summed E-state index contributed by atoms with van der Waals surface area (Å²) in [4.78, 5) is 36.1. The summed E-state index contributed by atoms with van der Waals surface area (Å²) in [5.74, 6) is 0.512. The van der Waals surface area contributed by atoms with Crippen molar-refractivity contribution in [1.82, 2.24) is 5.32 Å². The van der Waals surface area contributed by atoms with Crippen LogP contribution in [0.15, 0.2) is 66.7 Å². The fourth-order valence-corrected chi connectivity index (χ4v) is 3.29. The van der Waals surface area contributed by atoms with Crippen LogP contribution in [0.2, 0.25) is 0 Å². The minimum Gasteiger partial charge on any atom is -0.493 e. The van der Waals surface area contributed by atoms with E-state index in [2.05, 4.69) is 10.6 Å². The number of hydrogen-bond acceptors (Lipinski definition) is 6. The molecule has 0 aromatic heterocycles. The van der Waals surface area contributed by atoms with Gasteiger partial charge in [0.2, 0.25) is 5.91 Å². The molecule has 3 aromatic rings. The first kappa shape index (κ1) is 24.3. The summed E-state index contributed by atoms with van der Waals surface area (Å²) in [7, 11) is 3.10. The third-order valence-corrected chi connectivity index (χ3v) is 4.83. The number of anilines is 1. The summed E-state index contributed by atoms with van der Waals surface area (Å²) in [6, 6.07) is 18.9. The van der Waals surface area contributed by atoms with Crippen LogP contribution in [-0.2, 0) is 22.6 Å². The summed E-state index contributed by atoms with van der Waals surface area (Å²) >= 11 is 0. The summed E-state index contributed by atoms with van der Waals surface area (Å²) < 4.78 is 15.5. The molecular formula is C26H26N2O6. The van der Waals surface area contributed by atoms with Crippen molar-refractivity contribution >= 4 is 23.5 Å². The highest BCUT2D eigenvalue weighted by Crippen LogP contribution is 2.27. The molecule has 0 heterocycles. The summed E-state index contributed by atoms with van der Waals surface area (Å²) in [6.45, 7) is 1.56. The average molecular weight is 463 g/mol. The first-order valence-corrected chi connectivity index (χ1v) is 10.5. The van der Waals surface area contributed by atoms with Crippen molar-refractivity contribution in [2.45, 2.75) is 19.9 Å². The Morgan fingerprint density at radius 3 is 2.32 bits per heavy atom. The summed E-state index contributed by atoms with van der Waals surface area (Å²) in [6.07, 6.45) is 0.167. The van der Waals surface area contributed by atoms with Gasteiger partial charge in [-0.15, -0.1) is 0 Å². The van der Waals surface area contributed by atoms with Crippen molar-refractivity contribution in [3.8, 4) is 17.2 Å². The van der Waals surface area contributed by atoms with Crippen molar-refractivity contribution in [2.75, 3.05) is 19.5 Å². The van der Waals surface area contributed by atoms with E-state index in [9.17, 15) is 14.4 Å². The molecule has 0 saturated heterocycles. The second-order valence-electron chi connectivity index (χ2n) is 7.42. The highest BCUT2D eigenvalue weighted by molar-refractivity contribution is 5.95. The molecule has 34 heavy (non-hydrogen) atoms. The van der Waals surface area contributed by atoms with Gasteiger partial charge in [0.05, 0.1) is 20.6 Å². The number of methoxy groups -OCH3 is 2. The molecule has 0 aliphatic heterocycles. The molecule has 0 bridgehead atoms. The van der Waals surface area contributed by atoms with Crippen LogP contribution in [0.25, 0.3) is 0 Å². The molecule has 0 unspecified atom stereocenters. The number of amides is 2. The Bertz CT molecular complexity index is 1190. The van der Waals surface area contributed by atoms with Gasteiger partial charge in [0.1, 0.15) is 5.75 Å². The van der Waals surface area contributed by atoms with Gasteiger partial charge in [-0.2, -0.15) is 0 Å². The number of esters is 1. The van der Waals surface area contributed by atoms with Gasteiger partial charge in [0.15, 0.2) is 11.5 Å².